The van der Waals surface area contributed by atoms with Gasteiger partial charge >= 0.3 is 5.97 Å². The van der Waals surface area contributed by atoms with Gasteiger partial charge in [0.25, 0.3) is 0 Å². The summed E-state index contributed by atoms with van der Waals surface area (Å²) >= 11 is 0. The van der Waals surface area contributed by atoms with E-state index in [1.165, 1.54) is 6.92 Å². The number of esters is 1. The smallest absolute Gasteiger partial charge is 0.310 e. The summed E-state index contributed by atoms with van der Waals surface area (Å²) in [4.78, 5) is 22.9. The van der Waals surface area contributed by atoms with Crippen LogP contribution in [0.15, 0.2) is 54.6 Å². The van der Waals surface area contributed by atoms with Gasteiger partial charge in [0, 0.05) is 12.6 Å². The first-order valence-corrected chi connectivity index (χ1v) is 7.15. The lowest BCUT2D eigenvalue weighted by Crippen LogP contribution is -2.11. The molecule has 1 amide bonds. The maximum atomic E-state index is 12.0. The molecule has 4 nitrogen and oxygen atoms in total. The average Bonchev–Trinajstić information content (AvgIpc) is 2.49. The van der Waals surface area contributed by atoms with Gasteiger partial charge in [0.15, 0.2) is 0 Å². The van der Waals surface area contributed by atoms with Crippen molar-refractivity contribution in [1.82, 2.24) is 0 Å². The predicted molar refractivity (Wildman–Crippen MR) is 85.4 cm³/mol. The molecule has 2 rings (SSSR count). The minimum Gasteiger partial charge on any atom is -0.458 e. The molecule has 0 heterocycles. The second-order valence-electron chi connectivity index (χ2n) is 5.10. The SMILES string of the molecule is CC(=O)Nc1ccc(CC(=O)OC(C)c2ccccc2)cc1. The van der Waals surface area contributed by atoms with Gasteiger partial charge in [0.05, 0.1) is 6.42 Å². The fourth-order valence-corrected chi connectivity index (χ4v) is 2.11. The van der Waals surface area contributed by atoms with Gasteiger partial charge < -0.3 is 10.1 Å². The topological polar surface area (TPSA) is 55.4 Å². The molecule has 0 aliphatic rings. The van der Waals surface area contributed by atoms with E-state index in [-0.39, 0.29) is 24.4 Å². The Bertz CT molecular complexity index is 635. The molecule has 0 aromatic heterocycles. The van der Waals surface area contributed by atoms with Crippen LogP contribution in [-0.4, -0.2) is 11.9 Å². The fraction of sp³-hybridized carbons (Fsp3) is 0.222. The summed E-state index contributed by atoms with van der Waals surface area (Å²) in [5, 5.41) is 2.68. The van der Waals surface area contributed by atoms with Crippen LogP contribution in [0.5, 0.6) is 0 Å². The zero-order valence-corrected chi connectivity index (χ0v) is 12.7. The normalized spacial score (nSPS) is 11.5. The highest BCUT2D eigenvalue weighted by Gasteiger charge is 2.12. The summed E-state index contributed by atoms with van der Waals surface area (Å²) in [6.45, 7) is 3.31. The summed E-state index contributed by atoms with van der Waals surface area (Å²) in [6, 6.07) is 16.8. The monoisotopic (exact) mass is 297 g/mol. The van der Waals surface area contributed by atoms with Crippen molar-refractivity contribution < 1.29 is 14.3 Å². The lowest BCUT2D eigenvalue weighted by molar-refractivity contribution is -0.147. The predicted octanol–water partition coefficient (Wildman–Crippen LogP) is 3.49. The Balaban J connectivity index is 1.90. The molecular weight excluding hydrogens is 278 g/mol. The van der Waals surface area contributed by atoms with Crippen LogP contribution in [0.1, 0.15) is 31.1 Å². The molecule has 114 valence electrons. The Kier molecular flexibility index (Phi) is 5.31. The van der Waals surface area contributed by atoms with Gasteiger partial charge in [-0.2, -0.15) is 0 Å². The van der Waals surface area contributed by atoms with Crippen LogP contribution in [0.3, 0.4) is 0 Å². The van der Waals surface area contributed by atoms with E-state index in [0.29, 0.717) is 5.69 Å². The highest BCUT2D eigenvalue weighted by molar-refractivity contribution is 5.88. The summed E-state index contributed by atoms with van der Waals surface area (Å²) in [6.07, 6.45) is -0.0651. The lowest BCUT2D eigenvalue weighted by atomic mass is 10.1. The highest BCUT2D eigenvalue weighted by Crippen LogP contribution is 2.17. The van der Waals surface area contributed by atoms with Crippen molar-refractivity contribution in [2.45, 2.75) is 26.4 Å². The minimum atomic E-state index is -0.274. The van der Waals surface area contributed by atoms with E-state index >= 15 is 0 Å². The van der Waals surface area contributed by atoms with Crippen molar-refractivity contribution in [3.05, 3.63) is 65.7 Å². The quantitative estimate of drug-likeness (QED) is 0.859. The molecule has 22 heavy (non-hydrogen) atoms. The Morgan fingerprint density at radius 3 is 2.27 bits per heavy atom. The molecule has 1 unspecified atom stereocenters. The number of hydrogen-bond acceptors (Lipinski definition) is 3. The van der Waals surface area contributed by atoms with Crippen LogP contribution in [0, 0.1) is 0 Å². The molecule has 1 N–H and O–H groups in total. The number of carbonyl (C=O) groups excluding carboxylic acids is 2. The molecule has 2 aromatic rings. The number of carbonyl (C=O) groups is 2. The molecule has 1 atom stereocenters. The number of hydrogen-bond donors (Lipinski definition) is 1. The first kappa shape index (κ1) is 15.8. The van der Waals surface area contributed by atoms with Crippen LogP contribution in [0.2, 0.25) is 0 Å². The minimum absolute atomic E-state index is 0.121. The van der Waals surface area contributed by atoms with Crippen LogP contribution in [-0.2, 0) is 20.7 Å². The van der Waals surface area contributed by atoms with Crippen LogP contribution >= 0.6 is 0 Å². The van der Waals surface area contributed by atoms with Gasteiger partial charge in [-0.15, -0.1) is 0 Å². The van der Waals surface area contributed by atoms with Crippen LogP contribution in [0.4, 0.5) is 5.69 Å². The van der Waals surface area contributed by atoms with E-state index in [1.807, 2.05) is 37.3 Å². The van der Waals surface area contributed by atoms with Gasteiger partial charge in [-0.05, 0) is 30.2 Å². The van der Waals surface area contributed by atoms with Crippen molar-refractivity contribution >= 4 is 17.6 Å². The number of ether oxygens (including phenoxy) is 1. The zero-order chi connectivity index (χ0) is 15.9. The highest BCUT2D eigenvalue weighted by atomic mass is 16.5. The van der Waals surface area contributed by atoms with E-state index in [9.17, 15) is 9.59 Å². The third kappa shape index (κ3) is 4.74. The first-order valence-electron chi connectivity index (χ1n) is 7.15. The largest absolute Gasteiger partial charge is 0.458 e. The number of anilines is 1. The van der Waals surface area contributed by atoms with Gasteiger partial charge in [0.2, 0.25) is 5.91 Å². The fourth-order valence-electron chi connectivity index (χ4n) is 2.11. The summed E-state index contributed by atoms with van der Waals surface area (Å²) in [5.41, 5.74) is 2.53. The third-order valence-electron chi connectivity index (χ3n) is 3.20. The molecule has 2 aromatic carbocycles. The summed E-state index contributed by atoms with van der Waals surface area (Å²) < 4.78 is 5.43. The standard InChI is InChI=1S/C18H19NO3/c1-13(16-6-4-3-5-7-16)22-18(21)12-15-8-10-17(11-9-15)19-14(2)20/h3-11,13H,12H2,1-2H3,(H,19,20). The Labute approximate surface area is 130 Å². The van der Waals surface area contributed by atoms with Gasteiger partial charge in [-0.1, -0.05) is 42.5 Å². The molecule has 0 bridgehead atoms. The van der Waals surface area contributed by atoms with E-state index in [0.717, 1.165) is 11.1 Å². The third-order valence-corrected chi connectivity index (χ3v) is 3.20. The number of benzene rings is 2. The lowest BCUT2D eigenvalue weighted by Gasteiger charge is -2.13. The molecule has 0 spiro atoms. The van der Waals surface area contributed by atoms with Crippen molar-refractivity contribution in [1.29, 1.82) is 0 Å². The molecule has 0 saturated heterocycles. The molecule has 0 radical (unpaired) electrons. The van der Waals surface area contributed by atoms with Gasteiger partial charge in [-0.25, -0.2) is 0 Å². The summed E-state index contributed by atoms with van der Waals surface area (Å²) in [5.74, 6) is -0.396. The maximum absolute atomic E-state index is 12.0. The van der Waals surface area contributed by atoms with Gasteiger partial charge in [-0.3, -0.25) is 9.59 Å². The second kappa shape index (κ2) is 7.41. The Morgan fingerprint density at radius 2 is 1.68 bits per heavy atom. The second-order valence-corrected chi connectivity index (χ2v) is 5.10. The van der Waals surface area contributed by atoms with Crippen LogP contribution < -0.4 is 5.32 Å². The molecule has 0 fully saturated rings. The first-order chi connectivity index (χ1) is 10.5. The van der Waals surface area contributed by atoms with Crippen LogP contribution in [0.25, 0.3) is 0 Å². The van der Waals surface area contributed by atoms with E-state index in [1.54, 1.807) is 24.3 Å². The number of nitrogens with one attached hydrogen (secondary N) is 1. The molecule has 0 aliphatic heterocycles. The Hall–Kier alpha value is -2.62. The zero-order valence-electron chi connectivity index (χ0n) is 12.7. The average molecular weight is 297 g/mol. The van der Waals surface area contributed by atoms with Crippen molar-refractivity contribution in [2.75, 3.05) is 5.32 Å². The van der Waals surface area contributed by atoms with E-state index < -0.39 is 0 Å². The van der Waals surface area contributed by atoms with Crippen molar-refractivity contribution in [2.24, 2.45) is 0 Å². The Morgan fingerprint density at radius 1 is 1.05 bits per heavy atom. The molecule has 0 aliphatic carbocycles. The number of rotatable bonds is 5. The molecule has 0 saturated carbocycles. The van der Waals surface area contributed by atoms with Crippen molar-refractivity contribution in [3.63, 3.8) is 0 Å². The van der Waals surface area contributed by atoms with E-state index in [2.05, 4.69) is 5.32 Å². The van der Waals surface area contributed by atoms with E-state index in [4.69, 9.17) is 4.74 Å². The van der Waals surface area contributed by atoms with Gasteiger partial charge in [0.1, 0.15) is 6.10 Å². The maximum Gasteiger partial charge on any atom is 0.310 e. The molecular formula is C18H19NO3. The summed E-state index contributed by atoms with van der Waals surface area (Å²) in [7, 11) is 0. The van der Waals surface area contributed by atoms with Crippen molar-refractivity contribution in [3.8, 4) is 0 Å². The number of amides is 1. The molecule has 4 heteroatoms.